The Morgan fingerprint density at radius 1 is 1.29 bits per heavy atom. The maximum Gasteiger partial charge on any atom is 0.417 e. The Morgan fingerprint density at radius 2 is 1.92 bits per heavy atom. The van der Waals surface area contributed by atoms with E-state index in [-0.39, 0.29) is 11.3 Å². The Bertz CT molecular complexity index is 871. The fourth-order valence-corrected chi connectivity index (χ4v) is 3.71. The Hall–Kier alpha value is -2.63. The highest BCUT2D eigenvalue weighted by atomic mass is 32.2. The van der Waals surface area contributed by atoms with Crippen LogP contribution >= 0.6 is 0 Å². The van der Waals surface area contributed by atoms with Gasteiger partial charge >= 0.3 is 6.18 Å². The number of sulfone groups is 1. The van der Waals surface area contributed by atoms with E-state index < -0.39 is 49.7 Å². The van der Waals surface area contributed by atoms with Gasteiger partial charge in [0, 0.05) is 5.56 Å². The molecular formula is C12H11F3N4O4S. The molecule has 130 valence electrons. The molecular weight excluding hydrogens is 353 g/mol. The second-order valence-electron chi connectivity index (χ2n) is 4.71. The number of carbonyl (C=O) groups excluding carboxylic acids is 1. The Labute approximate surface area is 133 Å². The predicted octanol–water partition coefficient (Wildman–Crippen LogP) is 0.257. The number of amides is 1. The first-order chi connectivity index (χ1) is 11.0. The summed E-state index contributed by atoms with van der Waals surface area (Å²) in [6.07, 6.45) is -4.94. The lowest BCUT2D eigenvalue weighted by molar-refractivity contribution is -0.138. The van der Waals surface area contributed by atoms with Crippen LogP contribution < -0.4 is 11.5 Å². The zero-order valence-electron chi connectivity index (χ0n) is 12.1. The number of benzene rings is 1. The molecule has 1 aliphatic rings. The summed E-state index contributed by atoms with van der Waals surface area (Å²) in [6, 6.07) is 1.12. The fraction of sp³-hybridized carbons (Fsp3) is 0.250. The predicted molar refractivity (Wildman–Crippen MR) is 77.2 cm³/mol. The number of alkyl halides is 3. The lowest BCUT2D eigenvalue weighted by Crippen LogP contribution is -2.25. The highest BCUT2D eigenvalue weighted by Crippen LogP contribution is 2.38. The maximum absolute atomic E-state index is 13.2. The van der Waals surface area contributed by atoms with Crippen LogP contribution in [0.3, 0.4) is 0 Å². The van der Waals surface area contributed by atoms with E-state index in [4.69, 9.17) is 11.5 Å². The van der Waals surface area contributed by atoms with Crippen LogP contribution in [0.15, 0.2) is 27.2 Å². The van der Waals surface area contributed by atoms with Crippen LogP contribution in [-0.2, 0) is 20.9 Å². The SMILES string of the molecule is CON=C1CS(=O)(=O)c2cc(C(=O)N=C(N)N)c(C(F)(F)F)cc21. The van der Waals surface area contributed by atoms with Crippen molar-refractivity contribution < 1.29 is 31.2 Å². The van der Waals surface area contributed by atoms with Gasteiger partial charge in [-0.15, -0.1) is 0 Å². The largest absolute Gasteiger partial charge is 0.417 e. The minimum absolute atomic E-state index is 0.196. The standard InChI is InChI=1S/C12H11F3N4O4S/c1-23-19-8-4-24(21,22)9-3-5(10(20)18-11(16)17)7(2-6(8)9)12(13,14)15/h2-3H,4H2,1H3,(H4,16,17,18,20). The molecule has 4 N–H and O–H groups in total. The summed E-state index contributed by atoms with van der Waals surface area (Å²) in [6.45, 7) is 0. The quantitative estimate of drug-likeness (QED) is 0.439. The molecule has 0 saturated carbocycles. The molecule has 0 radical (unpaired) electrons. The molecule has 24 heavy (non-hydrogen) atoms. The van der Waals surface area contributed by atoms with Gasteiger partial charge in [0.2, 0.25) is 0 Å². The van der Waals surface area contributed by atoms with Crippen molar-refractivity contribution in [1.82, 2.24) is 0 Å². The molecule has 0 bridgehead atoms. The van der Waals surface area contributed by atoms with Crippen molar-refractivity contribution in [2.45, 2.75) is 11.1 Å². The molecule has 1 aliphatic heterocycles. The third-order valence-electron chi connectivity index (χ3n) is 3.06. The average molecular weight is 364 g/mol. The second kappa shape index (κ2) is 5.78. The number of oxime groups is 1. The number of carbonyl (C=O) groups is 1. The minimum atomic E-state index is -4.94. The molecule has 1 amide bonds. The zero-order valence-corrected chi connectivity index (χ0v) is 12.9. The molecule has 0 saturated heterocycles. The van der Waals surface area contributed by atoms with Gasteiger partial charge in [0.25, 0.3) is 5.91 Å². The van der Waals surface area contributed by atoms with Gasteiger partial charge in [0.05, 0.1) is 16.0 Å². The molecule has 0 spiro atoms. The number of hydrogen-bond donors (Lipinski definition) is 2. The van der Waals surface area contributed by atoms with Gasteiger partial charge in [-0.2, -0.15) is 18.2 Å². The molecule has 1 aromatic rings. The number of nitrogens with two attached hydrogens (primary N) is 2. The van der Waals surface area contributed by atoms with Gasteiger partial charge in [-0.3, -0.25) is 4.79 Å². The summed E-state index contributed by atoms with van der Waals surface area (Å²) in [4.78, 5) is 18.9. The van der Waals surface area contributed by atoms with Gasteiger partial charge in [-0.05, 0) is 12.1 Å². The van der Waals surface area contributed by atoms with Crippen molar-refractivity contribution in [2.24, 2.45) is 21.6 Å². The van der Waals surface area contributed by atoms with E-state index in [0.29, 0.717) is 12.1 Å². The number of guanidine groups is 1. The van der Waals surface area contributed by atoms with E-state index in [1.165, 1.54) is 0 Å². The molecule has 12 heteroatoms. The molecule has 0 unspecified atom stereocenters. The lowest BCUT2D eigenvalue weighted by Gasteiger charge is -2.12. The van der Waals surface area contributed by atoms with Crippen LogP contribution in [-0.4, -0.2) is 38.9 Å². The van der Waals surface area contributed by atoms with Crippen molar-refractivity contribution in [1.29, 1.82) is 0 Å². The molecule has 0 aromatic heterocycles. The number of fused-ring (bicyclic) bond motifs is 1. The van der Waals surface area contributed by atoms with Crippen LogP contribution in [0.5, 0.6) is 0 Å². The monoisotopic (exact) mass is 364 g/mol. The number of halogens is 3. The van der Waals surface area contributed by atoms with Crippen LogP contribution in [0, 0.1) is 0 Å². The third-order valence-corrected chi connectivity index (χ3v) is 4.72. The van der Waals surface area contributed by atoms with Crippen molar-refractivity contribution in [3.8, 4) is 0 Å². The molecule has 0 atom stereocenters. The molecule has 2 rings (SSSR count). The summed E-state index contributed by atoms with van der Waals surface area (Å²) in [5.41, 5.74) is 7.14. The smallest absolute Gasteiger partial charge is 0.399 e. The maximum atomic E-state index is 13.2. The average Bonchev–Trinajstić information content (AvgIpc) is 2.67. The van der Waals surface area contributed by atoms with Crippen molar-refractivity contribution in [3.05, 3.63) is 28.8 Å². The van der Waals surface area contributed by atoms with Crippen LogP contribution in [0.25, 0.3) is 0 Å². The van der Waals surface area contributed by atoms with E-state index in [9.17, 15) is 26.4 Å². The van der Waals surface area contributed by atoms with E-state index in [0.717, 1.165) is 7.11 Å². The van der Waals surface area contributed by atoms with E-state index in [1.807, 2.05) is 0 Å². The van der Waals surface area contributed by atoms with Crippen LogP contribution in [0.2, 0.25) is 0 Å². The van der Waals surface area contributed by atoms with Gasteiger partial charge in [-0.1, -0.05) is 5.16 Å². The summed E-state index contributed by atoms with van der Waals surface area (Å²) in [7, 11) is -2.84. The van der Waals surface area contributed by atoms with Gasteiger partial charge in [-0.25, -0.2) is 8.42 Å². The highest BCUT2D eigenvalue weighted by molar-refractivity contribution is 7.92. The van der Waals surface area contributed by atoms with Crippen molar-refractivity contribution in [2.75, 3.05) is 12.9 Å². The summed E-state index contributed by atoms with van der Waals surface area (Å²) >= 11 is 0. The molecule has 0 aliphatic carbocycles. The highest BCUT2D eigenvalue weighted by Gasteiger charge is 2.41. The molecule has 1 heterocycles. The first kappa shape index (κ1) is 17.7. The first-order valence-electron chi connectivity index (χ1n) is 6.19. The fourth-order valence-electron chi connectivity index (χ4n) is 2.17. The van der Waals surface area contributed by atoms with Gasteiger partial charge in [0.15, 0.2) is 15.8 Å². The van der Waals surface area contributed by atoms with Gasteiger partial charge < -0.3 is 16.3 Å². The first-order valence-corrected chi connectivity index (χ1v) is 7.85. The minimum Gasteiger partial charge on any atom is -0.399 e. The van der Waals surface area contributed by atoms with Gasteiger partial charge in [0.1, 0.15) is 18.6 Å². The van der Waals surface area contributed by atoms with E-state index >= 15 is 0 Å². The van der Waals surface area contributed by atoms with Crippen molar-refractivity contribution >= 4 is 27.4 Å². The molecule has 8 nitrogen and oxygen atoms in total. The molecule has 1 aromatic carbocycles. The second-order valence-corrected chi connectivity index (χ2v) is 6.67. The Kier molecular flexibility index (Phi) is 4.27. The topological polar surface area (TPSA) is 137 Å². The Balaban J connectivity index is 2.82. The third kappa shape index (κ3) is 3.18. The van der Waals surface area contributed by atoms with E-state index in [1.54, 1.807) is 0 Å². The summed E-state index contributed by atoms with van der Waals surface area (Å²) < 4.78 is 63.9. The number of aliphatic imine (C=N–C) groups is 1. The lowest BCUT2D eigenvalue weighted by atomic mass is 10.0. The molecule has 0 fully saturated rings. The van der Waals surface area contributed by atoms with E-state index in [2.05, 4.69) is 15.0 Å². The number of nitrogens with zero attached hydrogens (tertiary/aromatic N) is 2. The van der Waals surface area contributed by atoms with Crippen LogP contribution in [0.4, 0.5) is 13.2 Å². The number of rotatable bonds is 2. The normalized spacial score (nSPS) is 17.4. The summed E-state index contributed by atoms with van der Waals surface area (Å²) in [5, 5.41) is 3.42. The Morgan fingerprint density at radius 3 is 2.42 bits per heavy atom. The summed E-state index contributed by atoms with van der Waals surface area (Å²) in [5.74, 6) is -2.80. The van der Waals surface area contributed by atoms with Crippen molar-refractivity contribution in [3.63, 3.8) is 0 Å². The van der Waals surface area contributed by atoms with Crippen LogP contribution in [0.1, 0.15) is 21.5 Å². The zero-order chi connectivity index (χ0) is 18.3. The number of hydrogen-bond acceptors (Lipinski definition) is 5.